The lowest BCUT2D eigenvalue weighted by Crippen LogP contribution is -2.41. The lowest BCUT2D eigenvalue weighted by Gasteiger charge is -2.19. The van der Waals surface area contributed by atoms with Gasteiger partial charge in [0.05, 0.1) is 18.1 Å². The summed E-state index contributed by atoms with van der Waals surface area (Å²) in [6, 6.07) is 13.9. The molecule has 0 spiro atoms. The summed E-state index contributed by atoms with van der Waals surface area (Å²) in [5.74, 6) is 0.828. The molecule has 2 aromatic rings. The molecule has 3 rings (SSSR count). The molecule has 1 aliphatic rings. The molecule has 6 nitrogen and oxygen atoms in total. The first-order valence-corrected chi connectivity index (χ1v) is 8.27. The van der Waals surface area contributed by atoms with Crippen molar-refractivity contribution in [1.82, 2.24) is 15.2 Å². The highest BCUT2D eigenvalue weighted by molar-refractivity contribution is 5.85. The Morgan fingerprint density at radius 1 is 1.23 bits per heavy atom. The number of hydrogen-bond acceptors (Lipinski definition) is 5. The van der Waals surface area contributed by atoms with Crippen LogP contribution in [0.4, 0.5) is 5.82 Å². The van der Waals surface area contributed by atoms with Crippen LogP contribution in [0.15, 0.2) is 36.4 Å². The van der Waals surface area contributed by atoms with Gasteiger partial charge in [0.25, 0.3) is 0 Å². The molecule has 0 unspecified atom stereocenters. The average Bonchev–Trinajstić information content (AvgIpc) is 3.10. The molecule has 0 bridgehead atoms. The number of nitrogens with zero attached hydrogens (tertiary/aromatic N) is 3. The average molecular weight is 396 g/mol. The third-order valence-electron chi connectivity index (χ3n) is 4.20. The maximum absolute atomic E-state index is 12.1. The number of likely N-dealkylation sites (tertiary alicyclic amines) is 1. The van der Waals surface area contributed by atoms with Crippen molar-refractivity contribution in [3.8, 4) is 6.07 Å². The molecule has 1 aromatic carbocycles. The first-order valence-electron chi connectivity index (χ1n) is 8.27. The number of rotatable bonds is 6. The Labute approximate surface area is 165 Å². The van der Waals surface area contributed by atoms with Crippen LogP contribution in [0.2, 0.25) is 0 Å². The maximum Gasteiger partial charge on any atom is 0.237 e. The monoisotopic (exact) mass is 395 g/mol. The van der Waals surface area contributed by atoms with Gasteiger partial charge in [-0.15, -0.1) is 24.8 Å². The third-order valence-corrected chi connectivity index (χ3v) is 4.20. The number of hydrogen-bond donors (Lipinski definition) is 2. The largest absolute Gasteiger partial charge is 0.369 e. The summed E-state index contributed by atoms with van der Waals surface area (Å²) in [6.07, 6.45) is 1.70. The summed E-state index contributed by atoms with van der Waals surface area (Å²) in [6.45, 7) is 2.30. The number of fused-ring (bicyclic) bond motifs is 1. The first-order chi connectivity index (χ1) is 11.8. The molecule has 0 aliphatic carbocycles. The number of carbonyl (C=O) groups excluding carboxylic acids is 1. The molecule has 140 valence electrons. The van der Waals surface area contributed by atoms with E-state index >= 15 is 0 Å². The molecule has 1 aliphatic heterocycles. The van der Waals surface area contributed by atoms with Crippen molar-refractivity contribution < 1.29 is 4.79 Å². The van der Waals surface area contributed by atoms with Gasteiger partial charge in [0.2, 0.25) is 5.91 Å². The number of nitriles is 1. The maximum atomic E-state index is 12.1. The van der Waals surface area contributed by atoms with Gasteiger partial charge in [-0.05, 0) is 31.0 Å². The summed E-state index contributed by atoms with van der Waals surface area (Å²) in [7, 11) is 0. The standard InChI is InChI=1S/C18H21N5O.2ClH/c19-12-15-5-3-11-23(15)18(24)13-20-9-10-21-17-8-7-14-4-1-2-6-16(14)22-17;;/h1-2,4,6-8,15,20H,3,5,9-11,13H2,(H,21,22);2*1H/t15-;;/m0../s1. The van der Waals surface area contributed by atoms with Crippen molar-refractivity contribution in [3.63, 3.8) is 0 Å². The topological polar surface area (TPSA) is 81.0 Å². The summed E-state index contributed by atoms with van der Waals surface area (Å²) in [5, 5.41) is 16.5. The van der Waals surface area contributed by atoms with Crippen LogP contribution in [0, 0.1) is 11.3 Å². The van der Waals surface area contributed by atoms with E-state index < -0.39 is 0 Å². The Kier molecular flexibility index (Phi) is 9.14. The number of carbonyl (C=O) groups is 1. The number of aromatic nitrogens is 1. The van der Waals surface area contributed by atoms with Gasteiger partial charge in [0.1, 0.15) is 11.9 Å². The molecule has 2 heterocycles. The van der Waals surface area contributed by atoms with Crippen molar-refractivity contribution in [2.75, 3.05) is 31.5 Å². The van der Waals surface area contributed by atoms with Gasteiger partial charge in [-0.1, -0.05) is 18.2 Å². The van der Waals surface area contributed by atoms with Crippen LogP contribution < -0.4 is 10.6 Å². The molecule has 1 aromatic heterocycles. The molecule has 26 heavy (non-hydrogen) atoms. The molecule has 1 amide bonds. The van der Waals surface area contributed by atoms with Gasteiger partial charge in [-0.3, -0.25) is 4.79 Å². The van der Waals surface area contributed by atoms with Gasteiger partial charge in [-0.2, -0.15) is 5.26 Å². The van der Waals surface area contributed by atoms with Crippen LogP contribution in [-0.4, -0.2) is 48.0 Å². The Bertz CT molecular complexity index is 765. The molecule has 8 heteroatoms. The molecular formula is C18H23Cl2N5O. The fourth-order valence-corrected chi connectivity index (χ4v) is 2.94. The molecule has 0 radical (unpaired) electrons. The number of benzene rings is 1. The number of halogens is 2. The zero-order valence-corrected chi connectivity index (χ0v) is 16.0. The number of pyridine rings is 1. The second-order valence-corrected chi connectivity index (χ2v) is 5.87. The summed E-state index contributed by atoms with van der Waals surface area (Å²) in [5.41, 5.74) is 0.960. The predicted molar refractivity (Wildman–Crippen MR) is 108 cm³/mol. The Hall–Kier alpha value is -2.07. The van der Waals surface area contributed by atoms with Gasteiger partial charge in [0.15, 0.2) is 0 Å². The van der Waals surface area contributed by atoms with Gasteiger partial charge < -0.3 is 15.5 Å². The predicted octanol–water partition coefficient (Wildman–Crippen LogP) is 2.59. The first kappa shape index (κ1) is 22.0. The van der Waals surface area contributed by atoms with E-state index in [1.165, 1.54) is 0 Å². The third kappa shape index (κ3) is 5.46. The zero-order valence-electron chi connectivity index (χ0n) is 14.4. The summed E-state index contributed by atoms with van der Waals surface area (Å²) in [4.78, 5) is 18.3. The Morgan fingerprint density at radius 3 is 2.85 bits per heavy atom. The van der Waals surface area contributed by atoms with E-state index in [1.54, 1.807) is 4.90 Å². The number of para-hydroxylation sites is 1. The minimum absolute atomic E-state index is 0. The number of anilines is 1. The fourth-order valence-electron chi connectivity index (χ4n) is 2.94. The molecule has 2 N–H and O–H groups in total. The van der Waals surface area contributed by atoms with E-state index in [2.05, 4.69) is 21.7 Å². The minimum atomic E-state index is -0.251. The van der Waals surface area contributed by atoms with Crippen molar-refractivity contribution in [2.45, 2.75) is 18.9 Å². The van der Waals surface area contributed by atoms with Crippen LogP contribution in [0.3, 0.4) is 0 Å². The van der Waals surface area contributed by atoms with Crippen molar-refractivity contribution >= 4 is 47.4 Å². The van der Waals surface area contributed by atoms with E-state index in [0.29, 0.717) is 19.6 Å². The van der Waals surface area contributed by atoms with E-state index in [9.17, 15) is 4.79 Å². The normalized spacial score (nSPS) is 15.7. The van der Waals surface area contributed by atoms with Gasteiger partial charge in [0, 0.05) is 25.0 Å². The molecular weight excluding hydrogens is 373 g/mol. The van der Waals surface area contributed by atoms with Crippen molar-refractivity contribution in [2.24, 2.45) is 0 Å². The van der Waals surface area contributed by atoms with Crippen LogP contribution in [0.1, 0.15) is 12.8 Å². The number of amides is 1. The molecule has 1 saturated heterocycles. The minimum Gasteiger partial charge on any atom is -0.369 e. The molecule has 0 saturated carbocycles. The molecule has 1 atom stereocenters. The molecule has 1 fully saturated rings. The van der Waals surface area contributed by atoms with Crippen molar-refractivity contribution in [3.05, 3.63) is 36.4 Å². The van der Waals surface area contributed by atoms with Crippen LogP contribution >= 0.6 is 24.8 Å². The van der Waals surface area contributed by atoms with E-state index in [4.69, 9.17) is 5.26 Å². The highest BCUT2D eigenvalue weighted by atomic mass is 35.5. The van der Waals surface area contributed by atoms with Gasteiger partial charge in [-0.25, -0.2) is 4.98 Å². The lowest BCUT2D eigenvalue weighted by molar-refractivity contribution is -0.130. The Balaban J connectivity index is 0.00000169. The second-order valence-electron chi connectivity index (χ2n) is 5.87. The van der Waals surface area contributed by atoms with Crippen molar-refractivity contribution in [1.29, 1.82) is 5.26 Å². The van der Waals surface area contributed by atoms with E-state index in [1.807, 2.05) is 36.4 Å². The lowest BCUT2D eigenvalue weighted by atomic mass is 10.2. The second kappa shape index (κ2) is 10.8. The van der Waals surface area contributed by atoms with E-state index in [-0.39, 0.29) is 43.3 Å². The SMILES string of the molecule is Cl.Cl.N#C[C@@H]1CCCN1C(=O)CNCCNc1ccc2ccccc2n1. The van der Waals surface area contributed by atoms with Gasteiger partial charge >= 0.3 is 0 Å². The quantitative estimate of drug-likeness (QED) is 0.734. The van der Waals surface area contributed by atoms with E-state index in [0.717, 1.165) is 29.6 Å². The summed E-state index contributed by atoms with van der Waals surface area (Å²) >= 11 is 0. The zero-order chi connectivity index (χ0) is 16.8. The Morgan fingerprint density at radius 2 is 2.04 bits per heavy atom. The van der Waals surface area contributed by atoms with Crippen LogP contribution in [0.5, 0.6) is 0 Å². The van der Waals surface area contributed by atoms with Crippen LogP contribution in [0.25, 0.3) is 10.9 Å². The highest BCUT2D eigenvalue weighted by Gasteiger charge is 2.27. The van der Waals surface area contributed by atoms with Crippen LogP contribution in [-0.2, 0) is 4.79 Å². The highest BCUT2D eigenvalue weighted by Crippen LogP contribution is 2.16. The summed E-state index contributed by atoms with van der Waals surface area (Å²) < 4.78 is 0. The fraction of sp³-hybridized carbons (Fsp3) is 0.389. The smallest absolute Gasteiger partial charge is 0.237 e. The number of nitrogens with one attached hydrogen (secondary N) is 2.